The Labute approximate surface area is 69.5 Å². The number of ether oxygens (including phenoxy) is 1. The summed E-state index contributed by atoms with van der Waals surface area (Å²) in [4.78, 5) is 21.1. The molecule has 2 saturated heterocycles. The standard InChI is InChI=1S/C8H9O4/c9-3-4-5-1-2-6(12-5)7(4)8(10)11/h4-7H,1-2H2,(H,10,11)/t4?,5-,6+,7?/m0/s1. The zero-order valence-corrected chi connectivity index (χ0v) is 6.40. The van der Waals surface area contributed by atoms with Crippen LogP contribution in [0.2, 0.25) is 0 Å². The van der Waals surface area contributed by atoms with Crippen molar-refractivity contribution in [2.24, 2.45) is 11.8 Å². The molecule has 0 saturated carbocycles. The molecule has 1 radical (unpaired) electrons. The van der Waals surface area contributed by atoms with Gasteiger partial charge in [0.2, 0.25) is 6.29 Å². The molecule has 2 rings (SSSR count). The molecule has 0 spiro atoms. The monoisotopic (exact) mass is 169 g/mol. The van der Waals surface area contributed by atoms with Crippen molar-refractivity contribution in [3.8, 4) is 0 Å². The Balaban J connectivity index is 2.21. The number of aliphatic carboxylic acids is 1. The van der Waals surface area contributed by atoms with Gasteiger partial charge >= 0.3 is 5.97 Å². The van der Waals surface area contributed by atoms with Gasteiger partial charge in [-0.25, -0.2) is 0 Å². The summed E-state index contributed by atoms with van der Waals surface area (Å²) in [7, 11) is 0. The lowest BCUT2D eigenvalue weighted by molar-refractivity contribution is -0.144. The van der Waals surface area contributed by atoms with Crippen LogP contribution in [0.15, 0.2) is 0 Å². The van der Waals surface area contributed by atoms with Crippen molar-refractivity contribution < 1.29 is 19.4 Å². The second-order valence-electron chi connectivity index (χ2n) is 3.30. The number of carboxylic acids is 1. The quantitative estimate of drug-likeness (QED) is 0.630. The lowest BCUT2D eigenvalue weighted by atomic mass is 9.80. The van der Waals surface area contributed by atoms with Crippen LogP contribution in [0, 0.1) is 11.8 Å². The maximum Gasteiger partial charge on any atom is 0.309 e. The third-order valence-electron chi connectivity index (χ3n) is 2.69. The minimum Gasteiger partial charge on any atom is -0.481 e. The molecule has 0 amide bonds. The molecular weight excluding hydrogens is 160 g/mol. The largest absolute Gasteiger partial charge is 0.481 e. The smallest absolute Gasteiger partial charge is 0.309 e. The molecule has 2 aliphatic rings. The molecule has 4 heteroatoms. The van der Waals surface area contributed by atoms with Crippen molar-refractivity contribution in [1.29, 1.82) is 0 Å². The minimum atomic E-state index is -0.935. The maximum atomic E-state index is 10.7. The van der Waals surface area contributed by atoms with E-state index in [1.807, 2.05) is 0 Å². The number of carboxylic acid groups (broad SMARTS) is 1. The second kappa shape index (κ2) is 2.55. The van der Waals surface area contributed by atoms with Gasteiger partial charge in [0, 0.05) is 0 Å². The van der Waals surface area contributed by atoms with Crippen LogP contribution in [0.25, 0.3) is 0 Å². The molecule has 0 aromatic heterocycles. The molecule has 2 heterocycles. The summed E-state index contributed by atoms with van der Waals surface area (Å²) < 4.78 is 5.31. The van der Waals surface area contributed by atoms with Gasteiger partial charge in [-0.2, -0.15) is 0 Å². The van der Waals surface area contributed by atoms with Crippen LogP contribution in [0.1, 0.15) is 12.8 Å². The first kappa shape index (κ1) is 7.73. The fourth-order valence-electron chi connectivity index (χ4n) is 2.14. The second-order valence-corrected chi connectivity index (χ2v) is 3.30. The summed E-state index contributed by atoms with van der Waals surface area (Å²) in [5, 5.41) is 8.78. The van der Waals surface area contributed by atoms with Crippen molar-refractivity contribution in [3.05, 3.63) is 0 Å². The van der Waals surface area contributed by atoms with Gasteiger partial charge in [0.05, 0.1) is 24.0 Å². The fourth-order valence-corrected chi connectivity index (χ4v) is 2.14. The van der Waals surface area contributed by atoms with Crippen LogP contribution >= 0.6 is 0 Å². The minimum absolute atomic E-state index is 0.186. The van der Waals surface area contributed by atoms with Crippen LogP contribution in [0.4, 0.5) is 0 Å². The van der Waals surface area contributed by atoms with Gasteiger partial charge in [0.1, 0.15) is 0 Å². The average molecular weight is 169 g/mol. The molecule has 2 unspecified atom stereocenters. The third kappa shape index (κ3) is 0.876. The number of carbonyl (C=O) groups is 1. The molecule has 0 aromatic carbocycles. The van der Waals surface area contributed by atoms with E-state index in [0.29, 0.717) is 0 Å². The highest BCUT2D eigenvalue weighted by molar-refractivity contribution is 5.77. The van der Waals surface area contributed by atoms with E-state index < -0.39 is 17.8 Å². The molecule has 4 atom stereocenters. The van der Waals surface area contributed by atoms with E-state index in [4.69, 9.17) is 9.84 Å². The van der Waals surface area contributed by atoms with Crippen molar-refractivity contribution in [2.45, 2.75) is 25.0 Å². The Morgan fingerprint density at radius 3 is 2.58 bits per heavy atom. The first-order valence-corrected chi connectivity index (χ1v) is 4.00. The van der Waals surface area contributed by atoms with Crippen molar-refractivity contribution in [1.82, 2.24) is 0 Å². The number of hydrogen-bond acceptors (Lipinski definition) is 3. The van der Waals surface area contributed by atoms with E-state index in [1.54, 1.807) is 6.29 Å². The average Bonchev–Trinajstić information content (AvgIpc) is 2.60. The number of fused-ring (bicyclic) bond motifs is 2. The van der Waals surface area contributed by atoms with E-state index in [1.165, 1.54) is 0 Å². The predicted octanol–water partition coefficient (Wildman–Crippen LogP) is -0.0257. The summed E-state index contributed by atoms with van der Waals surface area (Å²) in [6.07, 6.45) is 2.90. The Morgan fingerprint density at radius 1 is 1.42 bits per heavy atom. The molecule has 4 nitrogen and oxygen atoms in total. The predicted molar refractivity (Wildman–Crippen MR) is 38.2 cm³/mol. The maximum absolute atomic E-state index is 10.7. The zero-order chi connectivity index (χ0) is 8.72. The number of rotatable bonds is 2. The lowest BCUT2D eigenvalue weighted by Gasteiger charge is -2.18. The Morgan fingerprint density at radius 2 is 2.08 bits per heavy atom. The highest BCUT2D eigenvalue weighted by Gasteiger charge is 2.52. The summed E-state index contributed by atoms with van der Waals surface area (Å²) in [5.74, 6) is -2.13. The normalized spacial score (nSPS) is 44.7. The van der Waals surface area contributed by atoms with Crippen molar-refractivity contribution in [2.75, 3.05) is 0 Å². The molecule has 2 aliphatic heterocycles. The van der Waals surface area contributed by atoms with Crippen molar-refractivity contribution >= 4 is 12.3 Å². The molecule has 0 aliphatic carbocycles. The zero-order valence-electron chi connectivity index (χ0n) is 6.40. The van der Waals surface area contributed by atoms with E-state index >= 15 is 0 Å². The van der Waals surface area contributed by atoms with Crippen LogP contribution in [0.5, 0.6) is 0 Å². The first-order chi connectivity index (χ1) is 5.74. The summed E-state index contributed by atoms with van der Waals surface area (Å²) in [6.45, 7) is 0. The summed E-state index contributed by atoms with van der Waals surface area (Å²) in [5.41, 5.74) is 0. The van der Waals surface area contributed by atoms with Gasteiger partial charge in [-0.05, 0) is 12.8 Å². The van der Waals surface area contributed by atoms with Crippen LogP contribution in [-0.2, 0) is 14.3 Å². The van der Waals surface area contributed by atoms with E-state index in [0.717, 1.165) is 12.8 Å². The van der Waals surface area contributed by atoms with Gasteiger partial charge < -0.3 is 9.84 Å². The van der Waals surface area contributed by atoms with Gasteiger partial charge in [0.25, 0.3) is 0 Å². The third-order valence-corrected chi connectivity index (χ3v) is 2.69. The van der Waals surface area contributed by atoms with Gasteiger partial charge in [-0.1, -0.05) is 0 Å². The van der Waals surface area contributed by atoms with E-state index in [9.17, 15) is 9.59 Å². The van der Waals surface area contributed by atoms with E-state index in [-0.39, 0.29) is 12.2 Å². The Bertz CT molecular complexity index is 225. The van der Waals surface area contributed by atoms with Gasteiger partial charge in [-0.15, -0.1) is 0 Å². The molecule has 0 aromatic rings. The van der Waals surface area contributed by atoms with Gasteiger partial charge in [0.15, 0.2) is 0 Å². The topological polar surface area (TPSA) is 63.6 Å². The molecule has 2 fully saturated rings. The highest BCUT2D eigenvalue weighted by Crippen LogP contribution is 2.42. The summed E-state index contributed by atoms with van der Waals surface area (Å²) >= 11 is 0. The fraction of sp³-hybridized carbons (Fsp3) is 0.750. The lowest BCUT2D eigenvalue weighted by Crippen LogP contribution is -2.34. The van der Waals surface area contributed by atoms with Crippen LogP contribution in [0.3, 0.4) is 0 Å². The Kier molecular flexibility index (Phi) is 1.65. The SMILES string of the molecule is O=[C]C1C(C(=O)O)[C@H]2CC[C@@H]1O2. The highest BCUT2D eigenvalue weighted by atomic mass is 16.5. The van der Waals surface area contributed by atoms with Crippen LogP contribution in [-0.4, -0.2) is 29.6 Å². The Hall–Kier alpha value is -0.900. The van der Waals surface area contributed by atoms with Crippen molar-refractivity contribution in [3.63, 3.8) is 0 Å². The number of carbonyl (C=O) groups excluding carboxylic acids is 1. The molecular formula is C8H9O4. The molecule has 1 N–H and O–H groups in total. The molecule has 12 heavy (non-hydrogen) atoms. The number of hydrogen-bond donors (Lipinski definition) is 1. The molecule has 2 bridgehead atoms. The van der Waals surface area contributed by atoms with E-state index in [2.05, 4.69) is 0 Å². The van der Waals surface area contributed by atoms with Gasteiger partial charge in [-0.3, -0.25) is 9.59 Å². The first-order valence-electron chi connectivity index (χ1n) is 4.00. The molecule has 65 valence electrons. The van der Waals surface area contributed by atoms with Crippen LogP contribution < -0.4 is 0 Å². The summed E-state index contributed by atoms with van der Waals surface area (Å²) in [6, 6.07) is 0.